The van der Waals surface area contributed by atoms with Gasteiger partial charge in [-0.3, -0.25) is 4.68 Å². The first-order valence-corrected chi connectivity index (χ1v) is 6.84. The van der Waals surface area contributed by atoms with Crippen molar-refractivity contribution in [2.75, 3.05) is 13.1 Å². The van der Waals surface area contributed by atoms with E-state index in [4.69, 9.17) is 4.74 Å². The van der Waals surface area contributed by atoms with Crippen LogP contribution in [0.2, 0.25) is 0 Å². The summed E-state index contributed by atoms with van der Waals surface area (Å²) in [5, 5.41) is 7.88. The average molecular weight is 257 g/mol. The van der Waals surface area contributed by atoms with Crippen molar-refractivity contribution in [3.8, 4) is 5.88 Å². The van der Waals surface area contributed by atoms with Crippen molar-refractivity contribution < 1.29 is 4.74 Å². The summed E-state index contributed by atoms with van der Waals surface area (Å²) in [6, 6.07) is 12.6. The first-order chi connectivity index (χ1) is 9.42. The van der Waals surface area contributed by atoms with Gasteiger partial charge in [0.05, 0.1) is 6.04 Å². The molecule has 0 saturated carbocycles. The molecule has 0 unspecified atom stereocenters. The molecule has 1 aliphatic rings. The molecular weight excluding hydrogens is 238 g/mol. The summed E-state index contributed by atoms with van der Waals surface area (Å²) in [5.74, 6) is 0.711. The topological polar surface area (TPSA) is 39.1 Å². The second kappa shape index (κ2) is 5.89. The van der Waals surface area contributed by atoms with E-state index in [1.165, 1.54) is 5.56 Å². The predicted octanol–water partition coefficient (Wildman–Crippen LogP) is 2.39. The van der Waals surface area contributed by atoms with Crippen molar-refractivity contribution in [2.45, 2.75) is 25.5 Å². The summed E-state index contributed by atoms with van der Waals surface area (Å²) in [4.78, 5) is 0. The number of hydrogen-bond acceptors (Lipinski definition) is 3. The molecule has 2 aromatic rings. The molecule has 0 amide bonds. The van der Waals surface area contributed by atoms with Crippen LogP contribution < -0.4 is 10.1 Å². The van der Waals surface area contributed by atoms with E-state index in [1.807, 2.05) is 35.1 Å². The van der Waals surface area contributed by atoms with E-state index in [2.05, 4.69) is 22.5 Å². The normalized spacial score (nSPS) is 16.4. The van der Waals surface area contributed by atoms with Crippen LogP contribution in [0.3, 0.4) is 0 Å². The van der Waals surface area contributed by atoms with E-state index in [-0.39, 0.29) is 0 Å². The summed E-state index contributed by atoms with van der Waals surface area (Å²) in [5.41, 5.74) is 1.17. The number of nitrogens with zero attached hydrogens (tertiary/aromatic N) is 2. The van der Waals surface area contributed by atoms with Gasteiger partial charge in [0, 0.05) is 12.3 Å². The molecule has 4 heteroatoms. The zero-order valence-corrected chi connectivity index (χ0v) is 11.0. The van der Waals surface area contributed by atoms with Gasteiger partial charge in [0.1, 0.15) is 6.61 Å². The Morgan fingerprint density at radius 2 is 1.95 bits per heavy atom. The second-order valence-corrected chi connectivity index (χ2v) is 4.89. The summed E-state index contributed by atoms with van der Waals surface area (Å²) in [7, 11) is 0. The third kappa shape index (κ3) is 3.15. The lowest BCUT2D eigenvalue weighted by molar-refractivity contribution is 0.278. The highest BCUT2D eigenvalue weighted by molar-refractivity contribution is 5.15. The summed E-state index contributed by atoms with van der Waals surface area (Å²) in [6.45, 7) is 2.72. The fraction of sp³-hybridized carbons (Fsp3) is 0.400. The van der Waals surface area contributed by atoms with E-state index < -0.39 is 0 Å². The maximum absolute atomic E-state index is 5.72. The molecule has 0 aliphatic carbocycles. The van der Waals surface area contributed by atoms with Crippen LogP contribution in [0.1, 0.15) is 24.4 Å². The first kappa shape index (κ1) is 12.2. The van der Waals surface area contributed by atoms with E-state index in [0.717, 1.165) is 25.9 Å². The minimum Gasteiger partial charge on any atom is -0.472 e. The zero-order valence-electron chi connectivity index (χ0n) is 11.0. The maximum atomic E-state index is 5.72. The Morgan fingerprint density at radius 1 is 1.16 bits per heavy atom. The van der Waals surface area contributed by atoms with Gasteiger partial charge in [-0.05, 0) is 31.5 Å². The summed E-state index contributed by atoms with van der Waals surface area (Å²) < 4.78 is 7.76. The van der Waals surface area contributed by atoms with Gasteiger partial charge >= 0.3 is 0 Å². The van der Waals surface area contributed by atoms with Gasteiger partial charge < -0.3 is 10.1 Å². The lowest BCUT2D eigenvalue weighted by Gasteiger charge is -2.22. The molecule has 1 aromatic heterocycles. The number of benzene rings is 1. The third-order valence-corrected chi connectivity index (χ3v) is 3.50. The third-order valence-electron chi connectivity index (χ3n) is 3.50. The lowest BCUT2D eigenvalue weighted by Crippen LogP contribution is -2.29. The van der Waals surface area contributed by atoms with Crippen molar-refractivity contribution in [3.63, 3.8) is 0 Å². The standard InChI is InChI=1S/C15H19N3O/c1-2-4-13(5-3-1)12-19-15-8-11-18(17-15)14-6-9-16-10-7-14/h1-5,8,11,14,16H,6-7,9-10,12H2. The number of ether oxygens (including phenoxy) is 1. The van der Waals surface area contributed by atoms with Crippen LogP contribution in [0.4, 0.5) is 0 Å². The highest BCUT2D eigenvalue weighted by atomic mass is 16.5. The predicted molar refractivity (Wildman–Crippen MR) is 74.1 cm³/mol. The Morgan fingerprint density at radius 3 is 2.74 bits per heavy atom. The van der Waals surface area contributed by atoms with Gasteiger partial charge in [0.15, 0.2) is 0 Å². The number of piperidine rings is 1. The van der Waals surface area contributed by atoms with Crippen LogP contribution in [0.25, 0.3) is 0 Å². The Kier molecular flexibility index (Phi) is 3.79. The van der Waals surface area contributed by atoms with Gasteiger partial charge in [0.2, 0.25) is 5.88 Å². The van der Waals surface area contributed by atoms with Crippen molar-refractivity contribution in [1.82, 2.24) is 15.1 Å². The Balaban J connectivity index is 1.58. The van der Waals surface area contributed by atoms with Crippen LogP contribution >= 0.6 is 0 Å². The zero-order chi connectivity index (χ0) is 12.9. The molecule has 3 rings (SSSR count). The van der Waals surface area contributed by atoms with E-state index in [9.17, 15) is 0 Å². The Hall–Kier alpha value is -1.81. The summed E-state index contributed by atoms with van der Waals surface area (Å²) >= 11 is 0. The molecule has 4 nitrogen and oxygen atoms in total. The smallest absolute Gasteiger partial charge is 0.233 e. The number of nitrogens with one attached hydrogen (secondary N) is 1. The second-order valence-electron chi connectivity index (χ2n) is 4.89. The highest BCUT2D eigenvalue weighted by Crippen LogP contribution is 2.20. The fourth-order valence-corrected chi connectivity index (χ4v) is 2.40. The Bertz CT molecular complexity index is 503. The molecule has 100 valence electrons. The molecule has 19 heavy (non-hydrogen) atoms. The minimum atomic E-state index is 0.510. The highest BCUT2D eigenvalue weighted by Gasteiger charge is 2.15. The molecule has 0 spiro atoms. The first-order valence-electron chi connectivity index (χ1n) is 6.84. The van der Waals surface area contributed by atoms with Crippen LogP contribution in [0.15, 0.2) is 42.6 Å². The number of rotatable bonds is 4. The van der Waals surface area contributed by atoms with E-state index in [0.29, 0.717) is 18.5 Å². The quantitative estimate of drug-likeness (QED) is 0.914. The van der Waals surface area contributed by atoms with Gasteiger partial charge in [0.25, 0.3) is 0 Å². The molecule has 0 atom stereocenters. The van der Waals surface area contributed by atoms with Gasteiger partial charge in [-0.25, -0.2) is 0 Å². The van der Waals surface area contributed by atoms with Crippen molar-refractivity contribution in [1.29, 1.82) is 0 Å². The van der Waals surface area contributed by atoms with Crippen LogP contribution in [0.5, 0.6) is 5.88 Å². The van der Waals surface area contributed by atoms with Crippen LogP contribution in [-0.2, 0) is 6.61 Å². The molecular formula is C15H19N3O. The maximum Gasteiger partial charge on any atom is 0.233 e. The molecule has 0 bridgehead atoms. The average Bonchev–Trinajstić information content (AvgIpc) is 2.96. The molecule has 1 aliphatic heterocycles. The van der Waals surface area contributed by atoms with Gasteiger partial charge in [-0.1, -0.05) is 30.3 Å². The largest absolute Gasteiger partial charge is 0.472 e. The minimum absolute atomic E-state index is 0.510. The molecule has 1 fully saturated rings. The van der Waals surface area contributed by atoms with Gasteiger partial charge in [-0.2, -0.15) is 0 Å². The molecule has 2 heterocycles. The Labute approximate surface area is 113 Å². The lowest BCUT2D eigenvalue weighted by atomic mass is 10.1. The van der Waals surface area contributed by atoms with Crippen LogP contribution in [0, 0.1) is 0 Å². The molecule has 1 saturated heterocycles. The van der Waals surface area contributed by atoms with Gasteiger partial charge in [-0.15, -0.1) is 5.10 Å². The molecule has 0 radical (unpaired) electrons. The van der Waals surface area contributed by atoms with E-state index >= 15 is 0 Å². The molecule has 1 N–H and O–H groups in total. The SMILES string of the molecule is c1ccc(COc2ccn(C3CCNCC3)n2)cc1. The van der Waals surface area contributed by atoms with E-state index in [1.54, 1.807) is 0 Å². The van der Waals surface area contributed by atoms with Crippen LogP contribution in [-0.4, -0.2) is 22.9 Å². The fourth-order valence-electron chi connectivity index (χ4n) is 2.40. The monoisotopic (exact) mass is 257 g/mol. The van der Waals surface area contributed by atoms with Crippen molar-refractivity contribution >= 4 is 0 Å². The summed E-state index contributed by atoms with van der Waals surface area (Å²) in [6.07, 6.45) is 4.30. The van der Waals surface area contributed by atoms with Crippen molar-refractivity contribution in [2.24, 2.45) is 0 Å². The molecule has 1 aromatic carbocycles. The van der Waals surface area contributed by atoms with Crippen molar-refractivity contribution in [3.05, 3.63) is 48.2 Å². The number of hydrogen-bond donors (Lipinski definition) is 1. The number of aromatic nitrogens is 2.